The lowest BCUT2D eigenvalue weighted by Gasteiger charge is -2.32. The Bertz CT molecular complexity index is 561. The fourth-order valence-corrected chi connectivity index (χ4v) is 1.84. The van der Waals surface area contributed by atoms with Crippen LogP contribution in [0, 0.1) is 0 Å². The van der Waals surface area contributed by atoms with E-state index in [2.05, 4.69) is 10.2 Å². The highest BCUT2D eigenvalue weighted by atomic mass is 16.7. The molecule has 0 aliphatic carbocycles. The van der Waals surface area contributed by atoms with E-state index in [0.29, 0.717) is 11.5 Å². The molecule has 0 unspecified atom stereocenters. The maximum atomic E-state index is 5.91. The van der Waals surface area contributed by atoms with E-state index in [-0.39, 0.29) is 11.2 Å². The molecule has 0 aromatic carbocycles. The Morgan fingerprint density at radius 2 is 1.84 bits per heavy atom. The summed E-state index contributed by atoms with van der Waals surface area (Å²) in [5, 5.41) is 8.48. The van der Waals surface area contributed by atoms with Crippen LogP contribution >= 0.6 is 0 Å². The summed E-state index contributed by atoms with van der Waals surface area (Å²) in [6.07, 6.45) is 3.21. The van der Waals surface area contributed by atoms with Gasteiger partial charge in [-0.1, -0.05) is 0 Å². The van der Waals surface area contributed by atoms with E-state index in [4.69, 9.17) is 13.7 Å². The van der Waals surface area contributed by atoms with Gasteiger partial charge in [0.15, 0.2) is 0 Å². The SMILES string of the molecule is CC1(C)OB(c2cnn(-c3ccco3)n2)OC1(C)C. The quantitative estimate of drug-likeness (QED) is 0.759. The topological polar surface area (TPSA) is 62.3 Å². The molecule has 1 aliphatic rings. The van der Waals surface area contributed by atoms with E-state index in [9.17, 15) is 0 Å². The summed E-state index contributed by atoms with van der Waals surface area (Å²) >= 11 is 0. The first-order valence-corrected chi connectivity index (χ1v) is 6.21. The summed E-state index contributed by atoms with van der Waals surface area (Å²) in [7, 11) is -0.506. The molecule has 1 saturated heterocycles. The monoisotopic (exact) mass is 261 g/mol. The van der Waals surface area contributed by atoms with Crippen LogP contribution in [0.2, 0.25) is 0 Å². The normalized spacial score (nSPS) is 20.9. The highest BCUT2D eigenvalue weighted by Gasteiger charge is 2.52. The smallest absolute Gasteiger partial charge is 0.445 e. The van der Waals surface area contributed by atoms with E-state index in [1.54, 1.807) is 24.6 Å². The second-order valence-corrected chi connectivity index (χ2v) is 5.60. The van der Waals surface area contributed by atoms with Crippen LogP contribution in [-0.4, -0.2) is 33.3 Å². The zero-order valence-electron chi connectivity index (χ0n) is 11.5. The van der Waals surface area contributed by atoms with Crippen LogP contribution in [0.4, 0.5) is 0 Å². The molecule has 0 radical (unpaired) electrons. The van der Waals surface area contributed by atoms with Gasteiger partial charge in [-0.3, -0.25) is 0 Å². The Morgan fingerprint density at radius 3 is 2.42 bits per heavy atom. The molecule has 3 heterocycles. The van der Waals surface area contributed by atoms with Gasteiger partial charge in [0.2, 0.25) is 5.88 Å². The summed E-state index contributed by atoms with van der Waals surface area (Å²) < 4.78 is 17.1. The standard InChI is InChI=1S/C12H16BN3O3/c1-11(2)12(3,4)19-13(18-11)9-8-14-16(15-9)10-6-5-7-17-10/h5-8H,1-4H3. The number of rotatable bonds is 2. The largest absolute Gasteiger partial charge is 0.518 e. The van der Waals surface area contributed by atoms with E-state index < -0.39 is 7.12 Å². The molecule has 7 heteroatoms. The van der Waals surface area contributed by atoms with Gasteiger partial charge in [-0.05, 0) is 33.8 Å². The summed E-state index contributed by atoms with van der Waals surface area (Å²) in [4.78, 5) is 1.42. The second-order valence-electron chi connectivity index (χ2n) is 5.60. The zero-order valence-corrected chi connectivity index (χ0v) is 11.5. The van der Waals surface area contributed by atoms with Crippen LogP contribution in [0.15, 0.2) is 29.0 Å². The molecule has 0 saturated carbocycles. The second kappa shape index (κ2) is 3.95. The summed E-state index contributed by atoms with van der Waals surface area (Å²) in [6, 6.07) is 3.57. The minimum absolute atomic E-state index is 0.383. The predicted molar refractivity (Wildman–Crippen MR) is 69.3 cm³/mol. The molecule has 0 amide bonds. The Balaban J connectivity index is 1.85. The Morgan fingerprint density at radius 1 is 1.16 bits per heavy atom. The van der Waals surface area contributed by atoms with Crippen molar-refractivity contribution >= 4 is 12.7 Å². The highest BCUT2D eigenvalue weighted by Crippen LogP contribution is 2.36. The van der Waals surface area contributed by atoms with E-state index in [1.165, 1.54) is 4.80 Å². The number of aromatic nitrogens is 3. The van der Waals surface area contributed by atoms with Crippen LogP contribution in [0.5, 0.6) is 0 Å². The van der Waals surface area contributed by atoms with Crippen molar-refractivity contribution in [1.29, 1.82) is 0 Å². The summed E-state index contributed by atoms with van der Waals surface area (Å²) in [5.41, 5.74) is -0.131. The molecule has 0 spiro atoms. The van der Waals surface area contributed by atoms with Gasteiger partial charge in [0.1, 0.15) is 5.59 Å². The van der Waals surface area contributed by atoms with E-state index in [1.807, 2.05) is 27.7 Å². The summed E-state index contributed by atoms with van der Waals surface area (Å²) in [6.45, 7) is 8.02. The molecule has 0 N–H and O–H groups in total. The molecular formula is C12H16BN3O3. The third-order valence-corrected chi connectivity index (χ3v) is 3.71. The third kappa shape index (κ3) is 1.99. The fourth-order valence-electron chi connectivity index (χ4n) is 1.84. The average molecular weight is 261 g/mol. The third-order valence-electron chi connectivity index (χ3n) is 3.71. The number of hydrogen-bond donors (Lipinski definition) is 0. The molecule has 0 atom stereocenters. The van der Waals surface area contributed by atoms with Gasteiger partial charge in [0.05, 0.1) is 23.7 Å². The molecule has 0 bridgehead atoms. The zero-order chi connectivity index (χ0) is 13.7. The van der Waals surface area contributed by atoms with Crippen LogP contribution in [0.3, 0.4) is 0 Å². The van der Waals surface area contributed by atoms with Crippen molar-refractivity contribution in [3.05, 3.63) is 24.6 Å². The van der Waals surface area contributed by atoms with Crippen molar-refractivity contribution in [3.8, 4) is 5.88 Å². The molecule has 19 heavy (non-hydrogen) atoms. The van der Waals surface area contributed by atoms with E-state index in [0.717, 1.165) is 0 Å². The van der Waals surface area contributed by atoms with Gasteiger partial charge >= 0.3 is 7.12 Å². The average Bonchev–Trinajstić information content (AvgIpc) is 3.00. The van der Waals surface area contributed by atoms with Crippen LogP contribution in [0.1, 0.15) is 27.7 Å². The lowest BCUT2D eigenvalue weighted by Crippen LogP contribution is -2.41. The fraction of sp³-hybridized carbons (Fsp3) is 0.500. The maximum absolute atomic E-state index is 5.91. The van der Waals surface area contributed by atoms with E-state index >= 15 is 0 Å². The molecular weight excluding hydrogens is 245 g/mol. The van der Waals surface area contributed by atoms with Gasteiger partial charge in [-0.15, -0.1) is 4.80 Å². The molecule has 1 fully saturated rings. The number of nitrogens with zero attached hydrogens (tertiary/aromatic N) is 3. The predicted octanol–water partition coefficient (Wildman–Crippen LogP) is 1.16. The van der Waals surface area contributed by atoms with Gasteiger partial charge < -0.3 is 13.7 Å². The van der Waals surface area contributed by atoms with Crippen molar-refractivity contribution in [2.45, 2.75) is 38.9 Å². The Labute approximate surface area is 111 Å². The summed E-state index contributed by atoms with van der Waals surface area (Å²) in [5.74, 6) is 0.558. The lowest BCUT2D eigenvalue weighted by molar-refractivity contribution is 0.00578. The molecule has 6 nitrogen and oxygen atoms in total. The van der Waals surface area contributed by atoms with Crippen molar-refractivity contribution in [3.63, 3.8) is 0 Å². The first-order chi connectivity index (χ1) is 8.89. The highest BCUT2D eigenvalue weighted by molar-refractivity contribution is 6.61. The molecule has 2 aromatic heterocycles. The van der Waals surface area contributed by atoms with Crippen LogP contribution in [0.25, 0.3) is 5.88 Å². The van der Waals surface area contributed by atoms with Crippen LogP contribution in [-0.2, 0) is 9.31 Å². The number of hydrogen-bond acceptors (Lipinski definition) is 5. The minimum atomic E-state index is -0.506. The Hall–Kier alpha value is -1.60. The molecule has 2 aromatic rings. The Kier molecular flexibility index (Phi) is 2.58. The van der Waals surface area contributed by atoms with Crippen molar-refractivity contribution in [2.24, 2.45) is 0 Å². The van der Waals surface area contributed by atoms with Crippen molar-refractivity contribution in [1.82, 2.24) is 15.0 Å². The first kappa shape index (κ1) is 12.4. The first-order valence-electron chi connectivity index (χ1n) is 6.21. The van der Waals surface area contributed by atoms with Gasteiger partial charge in [0, 0.05) is 6.07 Å². The molecule has 1 aliphatic heterocycles. The van der Waals surface area contributed by atoms with Gasteiger partial charge in [-0.2, -0.15) is 10.2 Å². The number of furan rings is 1. The van der Waals surface area contributed by atoms with Crippen molar-refractivity contribution < 1.29 is 13.7 Å². The van der Waals surface area contributed by atoms with Gasteiger partial charge in [0.25, 0.3) is 0 Å². The van der Waals surface area contributed by atoms with Crippen LogP contribution < -0.4 is 5.59 Å². The maximum Gasteiger partial charge on any atom is 0.518 e. The molecule has 3 rings (SSSR count). The van der Waals surface area contributed by atoms with Gasteiger partial charge in [-0.25, -0.2) is 0 Å². The molecule has 100 valence electrons. The lowest BCUT2D eigenvalue weighted by atomic mass is 9.86. The minimum Gasteiger partial charge on any atom is -0.445 e. The van der Waals surface area contributed by atoms with Crippen molar-refractivity contribution in [2.75, 3.05) is 0 Å².